The first-order valence-corrected chi connectivity index (χ1v) is 8.57. The number of aryl methyl sites for hydroxylation is 2. The second-order valence-corrected chi connectivity index (χ2v) is 6.63. The first kappa shape index (κ1) is 17.3. The number of carbonyl (C=O) groups is 1. The predicted molar refractivity (Wildman–Crippen MR) is 93.9 cm³/mol. The molecular weight excluding hydrogens is 310 g/mol. The lowest BCUT2D eigenvalue weighted by atomic mass is 10.1. The molecule has 0 aromatic carbocycles. The minimum Gasteiger partial charge on any atom is -0.331 e. The summed E-state index contributed by atoms with van der Waals surface area (Å²) in [5.74, 6) is 0.974. The van der Waals surface area contributed by atoms with Crippen molar-refractivity contribution in [2.45, 2.75) is 38.8 Å². The van der Waals surface area contributed by atoms with Crippen molar-refractivity contribution in [3.8, 4) is 0 Å². The van der Waals surface area contributed by atoms with Gasteiger partial charge >= 0.3 is 6.03 Å². The molecule has 7 heteroatoms. The van der Waals surface area contributed by atoms with Gasteiger partial charge in [-0.3, -0.25) is 4.68 Å². The maximum Gasteiger partial charge on any atom is 0.319 e. The van der Waals surface area contributed by atoms with Crippen LogP contribution >= 0.6 is 11.8 Å². The zero-order valence-corrected chi connectivity index (χ0v) is 15.0. The zero-order valence-electron chi connectivity index (χ0n) is 14.2. The Hall–Kier alpha value is -2.02. The minimum atomic E-state index is -0.252. The number of hydrogen-bond acceptors (Lipinski definition) is 4. The molecule has 2 aromatic rings. The van der Waals surface area contributed by atoms with Crippen LogP contribution in [0.2, 0.25) is 0 Å². The quantitative estimate of drug-likeness (QED) is 0.822. The Balaban J connectivity index is 1.98. The van der Waals surface area contributed by atoms with Gasteiger partial charge in [-0.2, -0.15) is 5.10 Å². The van der Waals surface area contributed by atoms with Crippen molar-refractivity contribution in [1.29, 1.82) is 0 Å². The predicted octanol–water partition coefficient (Wildman–Crippen LogP) is 3.43. The second kappa shape index (κ2) is 7.50. The molecule has 0 aliphatic rings. The maximum atomic E-state index is 12.2. The molecule has 0 aliphatic heterocycles. The highest BCUT2D eigenvalue weighted by atomic mass is 32.2. The van der Waals surface area contributed by atoms with Crippen molar-refractivity contribution in [2.75, 3.05) is 11.1 Å². The molecule has 0 aliphatic carbocycles. The Morgan fingerprint density at radius 1 is 1.39 bits per heavy atom. The molecule has 23 heavy (non-hydrogen) atoms. The van der Waals surface area contributed by atoms with Crippen molar-refractivity contribution < 1.29 is 4.79 Å². The van der Waals surface area contributed by atoms with E-state index in [1.165, 1.54) is 0 Å². The number of pyridine rings is 1. The van der Waals surface area contributed by atoms with E-state index in [1.807, 2.05) is 44.6 Å². The van der Waals surface area contributed by atoms with Gasteiger partial charge in [-0.25, -0.2) is 9.78 Å². The molecule has 2 rings (SSSR count). The normalized spacial score (nSPS) is 12.0. The summed E-state index contributed by atoms with van der Waals surface area (Å²) in [6, 6.07) is 3.39. The first-order valence-electron chi connectivity index (χ1n) is 7.58. The van der Waals surface area contributed by atoms with E-state index in [1.54, 1.807) is 18.0 Å². The van der Waals surface area contributed by atoms with E-state index in [-0.39, 0.29) is 12.1 Å². The number of urea groups is 1. The summed E-state index contributed by atoms with van der Waals surface area (Å²) in [5.41, 5.74) is 3.71. The minimum absolute atomic E-state index is 0.119. The number of aromatic nitrogens is 3. The third-order valence-electron chi connectivity index (χ3n) is 3.63. The van der Waals surface area contributed by atoms with Crippen LogP contribution in [-0.4, -0.2) is 26.5 Å². The van der Waals surface area contributed by atoms with Crippen LogP contribution in [0.25, 0.3) is 0 Å². The van der Waals surface area contributed by atoms with Gasteiger partial charge in [0.25, 0.3) is 0 Å². The second-order valence-electron chi connectivity index (χ2n) is 5.35. The Kier molecular flexibility index (Phi) is 5.65. The van der Waals surface area contributed by atoms with E-state index in [0.29, 0.717) is 5.69 Å². The lowest BCUT2D eigenvalue weighted by molar-refractivity contribution is 0.249. The molecule has 2 heterocycles. The molecule has 124 valence electrons. The molecule has 0 saturated heterocycles. The largest absolute Gasteiger partial charge is 0.331 e. The fraction of sp³-hybridized carbons (Fsp3) is 0.438. The van der Waals surface area contributed by atoms with Crippen LogP contribution < -0.4 is 10.6 Å². The fourth-order valence-electron chi connectivity index (χ4n) is 2.54. The van der Waals surface area contributed by atoms with Crippen molar-refractivity contribution >= 4 is 23.5 Å². The lowest BCUT2D eigenvalue weighted by Crippen LogP contribution is -2.31. The molecule has 1 atom stereocenters. The Morgan fingerprint density at radius 3 is 2.65 bits per heavy atom. The molecule has 1 unspecified atom stereocenters. The zero-order chi connectivity index (χ0) is 17.0. The number of amides is 2. The van der Waals surface area contributed by atoms with Gasteiger partial charge in [0.1, 0.15) is 0 Å². The third-order valence-corrected chi connectivity index (χ3v) is 4.46. The summed E-state index contributed by atoms with van der Waals surface area (Å²) < 4.78 is 1.83. The first-order chi connectivity index (χ1) is 10.9. The highest BCUT2D eigenvalue weighted by Crippen LogP contribution is 2.21. The molecule has 2 amide bonds. The average molecular weight is 333 g/mol. The number of hydrogen-bond donors (Lipinski definition) is 2. The van der Waals surface area contributed by atoms with Gasteiger partial charge in [0.2, 0.25) is 0 Å². The summed E-state index contributed by atoms with van der Waals surface area (Å²) in [5, 5.41) is 11.1. The number of thioether (sulfide) groups is 1. The van der Waals surface area contributed by atoms with Crippen LogP contribution in [-0.2, 0) is 7.05 Å². The van der Waals surface area contributed by atoms with Crippen LogP contribution in [0.4, 0.5) is 10.5 Å². The van der Waals surface area contributed by atoms with Crippen molar-refractivity contribution in [3.05, 3.63) is 35.3 Å². The topological polar surface area (TPSA) is 71.8 Å². The summed E-state index contributed by atoms with van der Waals surface area (Å²) in [6.07, 6.45) is 1.67. The van der Waals surface area contributed by atoms with Gasteiger partial charge in [0, 0.05) is 18.3 Å². The smallest absolute Gasteiger partial charge is 0.319 e. The lowest BCUT2D eigenvalue weighted by Gasteiger charge is -2.15. The van der Waals surface area contributed by atoms with E-state index in [0.717, 1.165) is 27.7 Å². The number of carbonyl (C=O) groups excluding carboxylic acids is 1. The highest BCUT2D eigenvalue weighted by Gasteiger charge is 2.18. The molecule has 0 fully saturated rings. The van der Waals surface area contributed by atoms with E-state index in [9.17, 15) is 4.79 Å². The fourth-order valence-corrected chi connectivity index (χ4v) is 3.13. The molecule has 2 aromatic heterocycles. The maximum absolute atomic E-state index is 12.2. The number of nitrogens with zero attached hydrogens (tertiary/aromatic N) is 3. The highest BCUT2D eigenvalue weighted by molar-refractivity contribution is 7.99. The Labute approximate surface area is 141 Å². The van der Waals surface area contributed by atoms with E-state index in [2.05, 4.69) is 27.6 Å². The molecule has 6 nitrogen and oxygen atoms in total. The van der Waals surface area contributed by atoms with E-state index < -0.39 is 0 Å². The van der Waals surface area contributed by atoms with Gasteiger partial charge in [-0.15, -0.1) is 11.8 Å². The summed E-state index contributed by atoms with van der Waals surface area (Å²) >= 11 is 1.67. The molecule has 0 saturated carbocycles. The van der Waals surface area contributed by atoms with Gasteiger partial charge in [0.15, 0.2) is 0 Å². The van der Waals surface area contributed by atoms with Gasteiger partial charge in [-0.05, 0) is 38.7 Å². The summed E-state index contributed by atoms with van der Waals surface area (Å²) in [6.45, 7) is 7.98. The monoisotopic (exact) mass is 333 g/mol. The van der Waals surface area contributed by atoms with Crippen LogP contribution in [0.5, 0.6) is 0 Å². The summed E-state index contributed by atoms with van der Waals surface area (Å²) in [7, 11) is 1.90. The Morgan fingerprint density at radius 2 is 2.13 bits per heavy atom. The number of anilines is 1. The van der Waals surface area contributed by atoms with Crippen LogP contribution in [0.15, 0.2) is 23.4 Å². The number of rotatable bonds is 5. The van der Waals surface area contributed by atoms with Crippen molar-refractivity contribution in [3.63, 3.8) is 0 Å². The van der Waals surface area contributed by atoms with Gasteiger partial charge in [-0.1, -0.05) is 6.92 Å². The average Bonchev–Trinajstić information content (AvgIpc) is 2.74. The summed E-state index contributed by atoms with van der Waals surface area (Å²) in [4.78, 5) is 16.5. The van der Waals surface area contributed by atoms with Crippen LogP contribution in [0.3, 0.4) is 0 Å². The van der Waals surface area contributed by atoms with E-state index in [4.69, 9.17) is 0 Å². The van der Waals surface area contributed by atoms with Crippen LogP contribution in [0, 0.1) is 13.8 Å². The van der Waals surface area contributed by atoms with E-state index >= 15 is 0 Å². The molecule has 0 spiro atoms. The molecule has 2 N–H and O–H groups in total. The Bertz CT molecular complexity index is 681. The molecule has 0 bridgehead atoms. The van der Waals surface area contributed by atoms with Crippen molar-refractivity contribution in [1.82, 2.24) is 20.1 Å². The third kappa shape index (κ3) is 4.25. The van der Waals surface area contributed by atoms with Crippen molar-refractivity contribution in [2.24, 2.45) is 7.05 Å². The van der Waals surface area contributed by atoms with Gasteiger partial charge in [0.05, 0.1) is 28.6 Å². The molecule has 0 radical (unpaired) electrons. The van der Waals surface area contributed by atoms with Gasteiger partial charge < -0.3 is 10.6 Å². The molecular formula is C16H23N5OS. The number of nitrogens with one attached hydrogen (secondary N) is 2. The standard InChI is InChI=1S/C16H23N5OS/c1-6-23-14-8-7-13(9-17-14)19-16(22)18-10(2)15-11(3)20-21(5)12(15)4/h7-10H,6H2,1-5H3,(H2,18,19,22). The van der Waals surface area contributed by atoms with Crippen LogP contribution in [0.1, 0.15) is 36.8 Å². The SMILES string of the molecule is CCSc1ccc(NC(=O)NC(C)c2c(C)nn(C)c2C)cn1.